The monoisotopic (exact) mass is 418 g/mol. The highest BCUT2D eigenvalue weighted by molar-refractivity contribution is 7.89. The van der Waals surface area contributed by atoms with Gasteiger partial charge in [-0.05, 0) is 37.7 Å². The van der Waals surface area contributed by atoms with Gasteiger partial charge < -0.3 is 15.0 Å². The van der Waals surface area contributed by atoms with E-state index in [4.69, 9.17) is 5.26 Å². The van der Waals surface area contributed by atoms with Crippen molar-refractivity contribution in [1.29, 1.82) is 5.26 Å². The van der Waals surface area contributed by atoms with Crippen LogP contribution in [0.2, 0.25) is 0 Å². The van der Waals surface area contributed by atoms with E-state index < -0.39 is 22.0 Å². The molecule has 29 heavy (non-hydrogen) atoms. The zero-order valence-electron chi connectivity index (χ0n) is 16.4. The van der Waals surface area contributed by atoms with Crippen molar-refractivity contribution in [3.8, 4) is 6.07 Å². The van der Waals surface area contributed by atoms with Crippen LogP contribution in [0.3, 0.4) is 0 Å². The minimum atomic E-state index is -3.46. The van der Waals surface area contributed by atoms with Crippen molar-refractivity contribution in [2.24, 2.45) is 11.8 Å². The van der Waals surface area contributed by atoms with Gasteiger partial charge in [0.05, 0.1) is 29.2 Å². The molecule has 0 amide bonds. The standard InChI is InChI=1S/C19H26N6O3S/c1-24(19-16-6-7-21-18(16)22-12-23-19)15-4-2-13(3-5-15)11-29(27,28)25-9-14(8-20)17(26)10-25/h6-7,12-15,17,26H,2-5,9-11H2,1H3,(H,21,22,23)/t13?,14-,15?,17-/m1/s1. The molecule has 156 valence electrons. The van der Waals surface area contributed by atoms with E-state index in [1.807, 2.05) is 25.4 Å². The zero-order valence-corrected chi connectivity index (χ0v) is 17.2. The highest BCUT2D eigenvalue weighted by Crippen LogP contribution is 2.33. The highest BCUT2D eigenvalue weighted by Gasteiger charge is 2.39. The quantitative estimate of drug-likeness (QED) is 0.744. The average Bonchev–Trinajstić information content (AvgIpc) is 3.34. The predicted molar refractivity (Wildman–Crippen MR) is 109 cm³/mol. The maximum absolute atomic E-state index is 12.7. The minimum absolute atomic E-state index is 0.0268. The molecule has 0 radical (unpaired) electrons. The van der Waals surface area contributed by atoms with E-state index in [9.17, 15) is 13.5 Å². The van der Waals surface area contributed by atoms with Crippen LogP contribution in [0.1, 0.15) is 25.7 Å². The topological polar surface area (TPSA) is 126 Å². The van der Waals surface area contributed by atoms with Crippen molar-refractivity contribution in [3.05, 3.63) is 18.6 Å². The van der Waals surface area contributed by atoms with Crippen molar-refractivity contribution < 1.29 is 13.5 Å². The third-order valence-corrected chi connectivity index (χ3v) is 8.27. The number of aromatic amines is 1. The van der Waals surface area contributed by atoms with Crippen molar-refractivity contribution in [3.63, 3.8) is 0 Å². The Morgan fingerprint density at radius 1 is 1.31 bits per heavy atom. The van der Waals surface area contributed by atoms with Crippen molar-refractivity contribution in [2.45, 2.75) is 37.8 Å². The Bertz CT molecular complexity index is 1010. The normalized spacial score (nSPS) is 28.4. The largest absolute Gasteiger partial charge is 0.390 e. The number of sulfonamides is 1. The van der Waals surface area contributed by atoms with Crippen LogP contribution >= 0.6 is 0 Å². The minimum Gasteiger partial charge on any atom is -0.390 e. The van der Waals surface area contributed by atoms with Gasteiger partial charge in [0.1, 0.15) is 17.8 Å². The highest BCUT2D eigenvalue weighted by atomic mass is 32.2. The summed E-state index contributed by atoms with van der Waals surface area (Å²) in [5, 5.41) is 19.9. The van der Waals surface area contributed by atoms with E-state index >= 15 is 0 Å². The van der Waals surface area contributed by atoms with E-state index in [2.05, 4.69) is 19.9 Å². The molecule has 9 nitrogen and oxygen atoms in total. The molecule has 1 saturated heterocycles. The first-order valence-corrected chi connectivity index (χ1v) is 11.6. The number of H-pyrrole nitrogens is 1. The smallest absolute Gasteiger partial charge is 0.214 e. The summed E-state index contributed by atoms with van der Waals surface area (Å²) >= 11 is 0. The Morgan fingerprint density at radius 3 is 2.76 bits per heavy atom. The fourth-order valence-electron chi connectivity index (χ4n) is 4.52. The molecule has 1 aliphatic carbocycles. The number of aliphatic hydroxyl groups is 1. The van der Waals surface area contributed by atoms with Gasteiger partial charge in [0.15, 0.2) is 0 Å². The number of β-amino-alcohol motifs (C(OH)–C–C–N with tert-alkyl or cyclic N) is 1. The van der Waals surface area contributed by atoms with Crippen LogP contribution in [0, 0.1) is 23.2 Å². The zero-order chi connectivity index (χ0) is 20.6. The summed E-state index contributed by atoms with van der Waals surface area (Å²) in [5.74, 6) is 0.443. The summed E-state index contributed by atoms with van der Waals surface area (Å²) in [6, 6.07) is 4.26. The lowest BCUT2D eigenvalue weighted by atomic mass is 9.86. The van der Waals surface area contributed by atoms with E-state index in [0.29, 0.717) is 6.04 Å². The molecule has 0 aromatic carbocycles. The van der Waals surface area contributed by atoms with E-state index in [1.165, 1.54) is 4.31 Å². The molecule has 2 aliphatic rings. The fourth-order valence-corrected chi connectivity index (χ4v) is 6.43. The van der Waals surface area contributed by atoms with E-state index in [1.54, 1.807) is 6.33 Å². The molecule has 2 aromatic rings. The maximum atomic E-state index is 12.7. The van der Waals surface area contributed by atoms with Gasteiger partial charge in [-0.1, -0.05) is 0 Å². The van der Waals surface area contributed by atoms with Crippen molar-refractivity contribution in [1.82, 2.24) is 19.3 Å². The van der Waals surface area contributed by atoms with Crippen LogP contribution in [0.15, 0.2) is 18.6 Å². The average molecular weight is 419 g/mol. The summed E-state index contributed by atoms with van der Waals surface area (Å²) < 4.78 is 26.8. The number of fused-ring (bicyclic) bond motifs is 1. The predicted octanol–water partition coefficient (Wildman–Crippen LogP) is 1.10. The lowest BCUT2D eigenvalue weighted by Gasteiger charge is -2.35. The Kier molecular flexibility index (Phi) is 5.46. The second kappa shape index (κ2) is 7.89. The van der Waals surface area contributed by atoms with Crippen LogP contribution < -0.4 is 4.90 Å². The van der Waals surface area contributed by atoms with Crippen molar-refractivity contribution >= 4 is 26.9 Å². The number of nitrogens with one attached hydrogen (secondary N) is 1. The van der Waals surface area contributed by atoms with Gasteiger partial charge in [0.2, 0.25) is 10.0 Å². The Hall–Kier alpha value is -2.22. The first-order valence-electron chi connectivity index (χ1n) is 9.95. The van der Waals surface area contributed by atoms with Gasteiger partial charge in [0.25, 0.3) is 0 Å². The number of anilines is 1. The third-order valence-electron chi connectivity index (χ3n) is 6.29. The summed E-state index contributed by atoms with van der Waals surface area (Å²) in [7, 11) is -1.43. The van der Waals surface area contributed by atoms with Crippen LogP contribution in [0.5, 0.6) is 0 Å². The van der Waals surface area contributed by atoms with Crippen LogP contribution in [0.25, 0.3) is 11.0 Å². The van der Waals surface area contributed by atoms with Gasteiger partial charge >= 0.3 is 0 Å². The summed E-state index contributed by atoms with van der Waals surface area (Å²) in [4.78, 5) is 14.0. The first kappa shape index (κ1) is 20.1. The molecule has 2 atom stereocenters. The molecule has 0 bridgehead atoms. The number of hydrogen-bond acceptors (Lipinski definition) is 7. The van der Waals surface area contributed by atoms with Crippen LogP contribution in [-0.2, 0) is 10.0 Å². The van der Waals surface area contributed by atoms with Crippen LogP contribution in [0.4, 0.5) is 5.82 Å². The maximum Gasteiger partial charge on any atom is 0.214 e. The van der Waals surface area contributed by atoms with E-state index in [0.717, 1.165) is 42.5 Å². The number of nitrogens with zero attached hydrogens (tertiary/aromatic N) is 5. The molecule has 0 spiro atoms. The molecule has 4 rings (SSSR count). The summed E-state index contributed by atoms with van der Waals surface area (Å²) in [6.07, 6.45) is 5.97. The van der Waals surface area contributed by atoms with Gasteiger partial charge in [-0.2, -0.15) is 9.57 Å². The Morgan fingerprint density at radius 2 is 2.07 bits per heavy atom. The molecule has 2 aromatic heterocycles. The van der Waals surface area contributed by atoms with Crippen LogP contribution in [-0.4, -0.2) is 70.8 Å². The summed E-state index contributed by atoms with van der Waals surface area (Å²) in [6.45, 7) is 0.122. The molecule has 1 saturated carbocycles. The third kappa shape index (κ3) is 3.95. The Balaban J connectivity index is 1.36. The summed E-state index contributed by atoms with van der Waals surface area (Å²) in [5.41, 5.74) is 0.810. The Labute approximate surface area is 170 Å². The molecular weight excluding hydrogens is 392 g/mol. The molecule has 2 fully saturated rings. The second-order valence-corrected chi connectivity index (χ2v) is 10.1. The number of aromatic nitrogens is 3. The number of aliphatic hydroxyl groups excluding tert-OH is 1. The lowest BCUT2D eigenvalue weighted by molar-refractivity contribution is 0.166. The van der Waals surface area contributed by atoms with Gasteiger partial charge in [-0.3, -0.25) is 0 Å². The molecule has 1 aliphatic heterocycles. The fraction of sp³-hybridized carbons (Fsp3) is 0.632. The van der Waals surface area contributed by atoms with Crippen molar-refractivity contribution in [2.75, 3.05) is 30.8 Å². The van der Waals surface area contributed by atoms with Gasteiger partial charge in [0, 0.05) is 32.4 Å². The molecular formula is C19H26N6O3S. The SMILES string of the molecule is CN(c1ncnc2[nH]ccc12)C1CCC(CS(=O)(=O)N2C[C@@H](O)[C@H](C#N)C2)CC1. The number of hydrogen-bond donors (Lipinski definition) is 2. The molecule has 0 unspecified atom stereocenters. The van der Waals surface area contributed by atoms with E-state index in [-0.39, 0.29) is 24.8 Å². The van der Waals surface area contributed by atoms with Gasteiger partial charge in [-0.15, -0.1) is 0 Å². The lowest BCUT2D eigenvalue weighted by Crippen LogP contribution is -2.39. The van der Waals surface area contributed by atoms with Gasteiger partial charge in [-0.25, -0.2) is 18.4 Å². The number of rotatable bonds is 5. The number of nitriles is 1. The first-order chi connectivity index (χ1) is 13.9. The molecule has 10 heteroatoms. The molecule has 2 N–H and O–H groups in total. The second-order valence-electron chi connectivity index (χ2n) is 8.12. The molecule has 3 heterocycles.